The summed E-state index contributed by atoms with van der Waals surface area (Å²) in [6.07, 6.45) is 0.206. The van der Waals surface area contributed by atoms with Crippen LogP contribution in [0.4, 0.5) is 11.4 Å². The molecule has 5 nitrogen and oxygen atoms in total. The summed E-state index contributed by atoms with van der Waals surface area (Å²) < 4.78 is 5.61. The smallest absolute Gasteiger partial charge is 0.229 e. The molecule has 1 fully saturated rings. The number of nitrogens with zero attached hydrogens (tertiary/aromatic N) is 1. The van der Waals surface area contributed by atoms with Crippen LogP contribution in [0.1, 0.15) is 18.9 Å². The van der Waals surface area contributed by atoms with Crippen molar-refractivity contribution in [2.45, 2.75) is 20.3 Å². The van der Waals surface area contributed by atoms with E-state index in [4.69, 9.17) is 4.74 Å². The number of amides is 2. The van der Waals surface area contributed by atoms with Crippen LogP contribution in [0.15, 0.2) is 48.5 Å². The van der Waals surface area contributed by atoms with Gasteiger partial charge in [0.1, 0.15) is 5.75 Å². The lowest BCUT2D eigenvalue weighted by Gasteiger charge is -2.20. The van der Waals surface area contributed by atoms with Gasteiger partial charge in [-0.15, -0.1) is 0 Å². The highest BCUT2D eigenvalue weighted by atomic mass is 16.5. The van der Waals surface area contributed by atoms with Gasteiger partial charge in [-0.25, -0.2) is 0 Å². The Hall–Kier alpha value is -2.82. The number of aryl methyl sites for hydroxylation is 1. The number of ether oxygens (including phenoxy) is 1. The molecule has 1 aliphatic rings. The molecule has 2 aromatic rings. The van der Waals surface area contributed by atoms with E-state index in [0.29, 0.717) is 18.9 Å². The van der Waals surface area contributed by atoms with Crippen LogP contribution in [0.2, 0.25) is 0 Å². The molecule has 1 atom stereocenters. The molecule has 0 spiro atoms. The SMILES string of the molecule is CCOc1ccccc1N1CC(C(=O)Nc2cccc(C)c2)CC1=O. The van der Waals surface area contributed by atoms with Crippen LogP contribution in [0.3, 0.4) is 0 Å². The number of anilines is 2. The number of hydrogen-bond acceptors (Lipinski definition) is 3. The summed E-state index contributed by atoms with van der Waals surface area (Å²) in [4.78, 5) is 26.6. The largest absolute Gasteiger partial charge is 0.492 e. The van der Waals surface area contributed by atoms with Gasteiger partial charge in [-0.1, -0.05) is 24.3 Å². The van der Waals surface area contributed by atoms with Crippen molar-refractivity contribution in [2.24, 2.45) is 5.92 Å². The van der Waals surface area contributed by atoms with Gasteiger partial charge in [-0.3, -0.25) is 9.59 Å². The minimum atomic E-state index is -0.373. The van der Waals surface area contributed by atoms with Crippen LogP contribution in [0.5, 0.6) is 5.75 Å². The number of nitrogens with one attached hydrogen (secondary N) is 1. The molecule has 0 aromatic heterocycles. The number of carbonyl (C=O) groups is 2. The predicted molar refractivity (Wildman–Crippen MR) is 97.9 cm³/mol. The first-order valence-electron chi connectivity index (χ1n) is 8.48. The normalized spacial score (nSPS) is 16.8. The van der Waals surface area contributed by atoms with Gasteiger partial charge in [0.05, 0.1) is 18.2 Å². The van der Waals surface area contributed by atoms with Gasteiger partial charge in [-0.05, 0) is 43.7 Å². The summed E-state index contributed by atoms with van der Waals surface area (Å²) in [5.74, 6) is 0.104. The van der Waals surface area contributed by atoms with Crippen LogP contribution in [0, 0.1) is 12.8 Å². The molecule has 1 heterocycles. The van der Waals surface area contributed by atoms with Crippen LogP contribution >= 0.6 is 0 Å². The summed E-state index contributed by atoms with van der Waals surface area (Å²) in [5, 5.41) is 2.91. The van der Waals surface area contributed by atoms with E-state index in [9.17, 15) is 9.59 Å². The molecule has 1 unspecified atom stereocenters. The van der Waals surface area contributed by atoms with E-state index < -0.39 is 0 Å². The van der Waals surface area contributed by atoms with E-state index in [0.717, 1.165) is 16.9 Å². The zero-order valence-corrected chi connectivity index (χ0v) is 14.5. The van der Waals surface area contributed by atoms with Gasteiger partial charge in [0.15, 0.2) is 0 Å². The third-order valence-corrected chi connectivity index (χ3v) is 4.24. The highest BCUT2D eigenvalue weighted by Gasteiger charge is 2.36. The lowest BCUT2D eigenvalue weighted by atomic mass is 10.1. The van der Waals surface area contributed by atoms with Crippen molar-refractivity contribution in [3.8, 4) is 5.75 Å². The van der Waals surface area contributed by atoms with Crippen molar-refractivity contribution >= 4 is 23.2 Å². The van der Waals surface area contributed by atoms with Crippen molar-refractivity contribution in [1.29, 1.82) is 0 Å². The quantitative estimate of drug-likeness (QED) is 0.909. The molecular weight excluding hydrogens is 316 g/mol. The average molecular weight is 338 g/mol. The molecule has 2 amide bonds. The Bertz CT molecular complexity index is 788. The summed E-state index contributed by atoms with van der Waals surface area (Å²) in [6.45, 7) is 4.76. The van der Waals surface area contributed by atoms with Crippen molar-refractivity contribution in [2.75, 3.05) is 23.4 Å². The second-order valence-corrected chi connectivity index (χ2v) is 6.16. The summed E-state index contributed by atoms with van der Waals surface area (Å²) in [5.41, 5.74) is 2.55. The highest BCUT2D eigenvalue weighted by Crippen LogP contribution is 2.33. The second-order valence-electron chi connectivity index (χ2n) is 6.16. The van der Waals surface area contributed by atoms with Crippen molar-refractivity contribution in [3.05, 3.63) is 54.1 Å². The third-order valence-electron chi connectivity index (χ3n) is 4.24. The van der Waals surface area contributed by atoms with Gasteiger partial charge in [0.2, 0.25) is 11.8 Å². The number of rotatable bonds is 5. The van der Waals surface area contributed by atoms with Gasteiger partial charge in [0.25, 0.3) is 0 Å². The molecule has 3 rings (SSSR count). The van der Waals surface area contributed by atoms with Crippen LogP contribution in [0.25, 0.3) is 0 Å². The van der Waals surface area contributed by atoms with E-state index in [-0.39, 0.29) is 24.2 Å². The lowest BCUT2D eigenvalue weighted by molar-refractivity contribution is -0.122. The standard InChI is InChI=1S/C20H22N2O3/c1-3-25-18-10-5-4-9-17(18)22-13-15(12-19(22)23)20(24)21-16-8-6-7-14(2)11-16/h4-11,15H,3,12-13H2,1-2H3,(H,21,24). The minimum Gasteiger partial charge on any atom is -0.492 e. The Morgan fingerprint density at radius 1 is 1.24 bits per heavy atom. The lowest BCUT2D eigenvalue weighted by Crippen LogP contribution is -2.28. The average Bonchev–Trinajstić information content (AvgIpc) is 2.97. The maximum atomic E-state index is 12.5. The highest BCUT2D eigenvalue weighted by molar-refractivity contribution is 6.04. The molecule has 0 radical (unpaired) electrons. The molecular formula is C20H22N2O3. The predicted octanol–water partition coefficient (Wildman–Crippen LogP) is 3.39. The molecule has 0 bridgehead atoms. The molecule has 1 saturated heterocycles. The first-order chi connectivity index (χ1) is 12.1. The summed E-state index contributed by atoms with van der Waals surface area (Å²) in [7, 11) is 0. The van der Waals surface area contributed by atoms with Crippen molar-refractivity contribution in [1.82, 2.24) is 0 Å². The van der Waals surface area contributed by atoms with E-state index in [1.807, 2.05) is 62.4 Å². The molecule has 1 aliphatic heterocycles. The van der Waals surface area contributed by atoms with E-state index in [2.05, 4.69) is 5.32 Å². The zero-order valence-electron chi connectivity index (χ0n) is 14.5. The van der Waals surface area contributed by atoms with Crippen LogP contribution in [-0.4, -0.2) is 25.0 Å². The number of para-hydroxylation sites is 2. The number of hydrogen-bond donors (Lipinski definition) is 1. The number of carbonyl (C=O) groups excluding carboxylic acids is 2. The van der Waals surface area contributed by atoms with Gasteiger partial charge in [0, 0.05) is 18.7 Å². The fraction of sp³-hybridized carbons (Fsp3) is 0.300. The van der Waals surface area contributed by atoms with Gasteiger partial charge < -0.3 is 15.0 Å². The fourth-order valence-corrected chi connectivity index (χ4v) is 3.04. The summed E-state index contributed by atoms with van der Waals surface area (Å²) in [6, 6.07) is 15.1. The van der Waals surface area contributed by atoms with E-state index >= 15 is 0 Å². The molecule has 1 N–H and O–H groups in total. The maximum absolute atomic E-state index is 12.5. The third kappa shape index (κ3) is 3.82. The molecule has 2 aromatic carbocycles. The molecule has 5 heteroatoms. The maximum Gasteiger partial charge on any atom is 0.229 e. The fourth-order valence-electron chi connectivity index (χ4n) is 3.04. The van der Waals surface area contributed by atoms with Crippen LogP contribution < -0.4 is 15.0 Å². The van der Waals surface area contributed by atoms with E-state index in [1.54, 1.807) is 4.90 Å². The Morgan fingerprint density at radius 3 is 2.80 bits per heavy atom. The monoisotopic (exact) mass is 338 g/mol. The second kappa shape index (κ2) is 7.38. The van der Waals surface area contributed by atoms with Crippen molar-refractivity contribution in [3.63, 3.8) is 0 Å². The zero-order chi connectivity index (χ0) is 17.8. The van der Waals surface area contributed by atoms with Crippen LogP contribution in [-0.2, 0) is 9.59 Å². The molecule has 0 aliphatic carbocycles. The van der Waals surface area contributed by atoms with Gasteiger partial charge >= 0.3 is 0 Å². The Labute approximate surface area is 147 Å². The molecule has 130 valence electrons. The molecule has 0 saturated carbocycles. The first kappa shape index (κ1) is 17.0. The van der Waals surface area contributed by atoms with E-state index in [1.165, 1.54) is 0 Å². The number of benzene rings is 2. The van der Waals surface area contributed by atoms with Gasteiger partial charge in [-0.2, -0.15) is 0 Å². The topological polar surface area (TPSA) is 58.6 Å². The minimum absolute atomic E-state index is 0.0588. The Morgan fingerprint density at radius 2 is 2.04 bits per heavy atom. The van der Waals surface area contributed by atoms with Crippen molar-refractivity contribution < 1.29 is 14.3 Å². The first-order valence-corrected chi connectivity index (χ1v) is 8.48. The Kier molecular flexibility index (Phi) is 5.03. The summed E-state index contributed by atoms with van der Waals surface area (Å²) >= 11 is 0. The Balaban J connectivity index is 1.73. The molecule has 25 heavy (non-hydrogen) atoms.